The van der Waals surface area contributed by atoms with Crippen LogP contribution in [0.4, 0.5) is 13.2 Å². The van der Waals surface area contributed by atoms with Gasteiger partial charge in [-0.1, -0.05) is 6.07 Å². The number of rotatable bonds is 1. The summed E-state index contributed by atoms with van der Waals surface area (Å²) in [5.41, 5.74) is -0.815. The number of hydrogen-bond donors (Lipinski definition) is 0. The lowest BCUT2D eigenvalue weighted by Crippen LogP contribution is -2.36. The van der Waals surface area contributed by atoms with Crippen molar-refractivity contribution in [3.63, 3.8) is 0 Å². The minimum atomic E-state index is -4.47. The molecule has 1 saturated heterocycles. The molecule has 1 heterocycles. The predicted molar refractivity (Wildman–Crippen MR) is 74.2 cm³/mol. The molecule has 2 amide bonds. The first-order chi connectivity index (χ1) is 10.3. The van der Waals surface area contributed by atoms with E-state index in [0.717, 1.165) is 12.1 Å². The van der Waals surface area contributed by atoms with Crippen LogP contribution in [0.2, 0.25) is 0 Å². The number of hydrogen-bond acceptors (Lipinski definition) is 2. The van der Waals surface area contributed by atoms with Crippen molar-refractivity contribution >= 4 is 11.8 Å². The maximum atomic E-state index is 12.7. The highest BCUT2D eigenvalue weighted by atomic mass is 19.4. The maximum absolute atomic E-state index is 12.7. The summed E-state index contributed by atoms with van der Waals surface area (Å²) in [4.78, 5) is 26.9. The lowest BCUT2D eigenvalue weighted by atomic mass is 10.1. The second-order valence-electron chi connectivity index (χ2n) is 5.23. The average molecular weight is 314 g/mol. The summed E-state index contributed by atoms with van der Waals surface area (Å²) in [6.07, 6.45) is -3.86. The predicted octanol–water partition coefficient (Wildman–Crippen LogP) is 2.40. The number of amides is 2. The molecular formula is C15H17F3N2O2. The van der Waals surface area contributed by atoms with Crippen molar-refractivity contribution < 1.29 is 22.8 Å². The molecule has 1 aliphatic heterocycles. The standard InChI is InChI=1S/C15H17F3N2O2/c1-11(21)19-6-3-7-20(9-8-19)14(22)12-4-2-5-13(10-12)15(16,17)18/h2,4-5,10H,3,6-9H2,1H3. The lowest BCUT2D eigenvalue weighted by Gasteiger charge is -2.21. The van der Waals surface area contributed by atoms with Gasteiger partial charge >= 0.3 is 6.18 Å². The van der Waals surface area contributed by atoms with Crippen LogP contribution in [-0.2, 0) is 11.0 Å². The summed E-state index contributed by atoms with van der Waals surface area (Å²) in [6.45, 7) is 3.18. The van der Waals surface area contributed by atoms with E-state index in [-0.39, 0.29) is 11.5 Å². The summed E-state index contributed by atoms with van der Waals surface area (Å²) < 4.78 is 38.1. The minimum Gasteiger partial charge on any atom is -0.341 e. The Labute approximate surface area is 126 Å². The van der Waals surface area contributed by atoms with Gasteiger partial charge in [-0.3, -0.25) is 9.59 Å². The zero-order chi connectivity index (χ0) is 16.3. The first-order valence-corrected chi connectivity index (χ1v) is 7.01. The second kappa shape index (κ2) is 6.37. The van der Waals surface area contributed by atoms with Gasteiger partial charge in [0.25, 0.3) is 5.91 Å². The molecule has 0 radical (unpaired) electrons. The van der Waals surface area contributed by atoms with E-state index < -0.39 is 17.6 Å². The lowest BCUT2D eigenvalue weighted by molar-refractivity contribution is -0.137. The molecule has 120 valence electrons. The Morgan fingerprint density at radius 3 is 2.32 bits per heavy atom. The Bertz CT molecular complexity index is 572. The molecule has 4 nitrogen and oxygen atoms in total. The first kappa shape index (κ1) is 16.3. The third-order valence-corrected chi connectivity index (χ3v) is 3.67. The van der Waals surface area contributed by atoms with Gasteiger partial charge in [0.15, 0.2) is 0 Å². The molecule has 1 aliphatic rings. The van der Waals surface area contributed by atoms with Gasteiger partial charge in [0.2, 0.25) is 5.91 Å². The van der Waals surface area contributed by atoms with Gasteiger partial charge in [-0.25, -0.2) is 0 Å². The number of alkyl halides is 3. The van der Waals surface area contributed by atoms with Crippen LogP contribution in [0.1, 0.15) is 29.3 Å². The minimum absolute atomic E-state index is 0.0195. The van der Waals surface area contributed by atoms with Crippen LogP contribution >= 0.6 is 0 Å². The number of benzene rings is 1. The molecule has 0 atom stereocenters. The Balaban J connectivity index is 2.13. The van der Waals surface area contributed by atoms with Gasteiger partial charge in [-0.15, -0.1) is 0 Å². The molecule has 1 aromatic rings. The van der Waals surface area contributed by atoms with Crippen molar-refractivity contribution in [3.05, 3.63) is 35.4 Å². The van der Waals surface area contributed by atoms with Gasteiger partial charge < -0.3 is 9.80 Å². The zero-order valence-corrected chi connectivity index (χ0v) is 12.2. The third-order valence-electron chi connectivity index (χ3n) is 3.67. The van der Waals surface area contributed by atoms with Gasteiger partial charge in [-0.2, -0.15) is 13.2 Å². The highest BCUT2D eigenvalue weighted by molar-refractivity contribution is 5.94. The number of carbonyl (C=O) groups is 2. The molecule has 0 unspecified atom stereocenters. The normalized spacial score (nSPS) is 16.4. The summed E-state index contributed by atoms with van der Waals surface area (Å²) in [7, 11) is 0. The molecule has 1 fully saturated rings. The van der Waals surface area contributed by atoms with Crippen LogP contribution < -0.4 is 0 Å². The van der Waals surface area contributed by atoms with E-state index in [2.05, 4.69) is 0 Å². The molecule has 22 heavy (non-hydrogen) atoms. The highest BCUT2D eigenvalue weighted by Crippen LogP contribution is 2.29. The summed E-state index contributed by atoms with van der Waals surface area (Å²) in [5, 5.41) is 0. The average Bonchev–Trinajstić information content (AvgIpc) is 2.71. The van der Waals surface area contributed by atoms with E-state index in [0.29, 0.717) is 32.6 Å². The van der Waals surface area contributed by atoms with E-state index in [1.165, 1.54) is 24.0 Å². The summed E-state index contributed by atoms with van der Waals surface area (Å²) in [6, 6.07) is 4.42. The molecule has 0 saturated carbocycles. The van der Waals surface area contributed by atoms with Gasteiger partial charge in [0.1, 0.15) is 0 Å². The monoisotopic (exact) mass is 314 g/mol. The molecule has 0 aromatic heterocycles. The highest BCUT2D eigenvalue weighted by Gasteiger charge is 2.31. The maximum Gasteiger partial charge on any atom is 0.416 e. The topological polar surface area (TPSA) is 40.6 Å². The molecule has 2 rings (SSSR count). The van der Waals surface area contributed by atoms with Crippen LogP contribution in [0.3, 0.4) is 0 Å². The molecular weight excluding hydrogens is 297 g/mol. The first-order valence-electron chi connectivity index (χ1n) is 7.01. The van der Waals surface area contributed by atoms with Gasteiger partial charge in [-0.05, 0) is 24.6 Å². The Morgan fingerprint density at radius 2 is 1.68 bits per heavy atom. The summed E-state index contributed by atoms with van der Waals surface area (Å²) in [5.74, 6) is -0.495. The molecule has 0 N–H and O–H groups in total. The van der Waals surface area contributed by atoms with Crippen molar-refractivity contribution in [1.82, 2.24) is 9.80 Å². The van der Waals surface area contributed by atoms with Crippen molar-refractivity contribution in [2.24, 2.45) is 0 Å². The zero-order valence-electron chi connectivity index (χ0n) is 12.2. The molecule has 0 bridgehead atoms. The Morgan fingerprint density at radius 1 is 1.05 bits per heavy atom. The fourth-order valence-corrected chi connectivity index (χ4v) is 2.45. The largest absolute Gasteiger partial charge is 0.416 e. The van der Waals surface area contributed by atoms with Crippen LogP contribution in [0.25, 0.3) is 0 Å². The molecule has 1 aromatic carbocycles. The van der Waals surface area contributed by atoms with Crippen LogP contribution in [0.15, 0.2) is 24.3 Å². The van der Waals surface area contributed by atoms with E-state index >= 15 is 0 Å². The molecule has 7 heteroatoms. The van der Waals surface area contributed by atoms with Crippen molar-refractivity contribution in [1.29, 1.82) is 0 Å². The van der Waals surface area contributed by atoms with Crippen LogP contribution in [0, 0.1) is 0 Å². The quantitative estimate of drug-likeness (QED) is 0.798. The molecule has 0 spiro atoms. The number of carbonyl (C=O) groups excluding carboxylic acids is 2. The SMILES string of the molecule is CC(=O)N1CCCN(C(=O)c2cccc(C(F)(F)F)c2)CC1. The van der Waals surface area contributed by atoms with E-state index in [1.54, 1.807) is 4.90 Å². The van der Waals surface area contributed by atoms with Crippen molar-refractivity contribution in [2.75, 3.05) is 26.2 Å². The third kappa shape index (κ3) is 3.78. The van der Waals surface area contributed by atoms with Crippen molar-refractivity contribution in [2.45, 2.75) is 19.5 Å². The fourth-order valence-electron chi connectivity index (χ4n) is 2.45. The van der Waals surface area contributed by atoms with Gasteiger partial charge in [0.05, 0.1) is 5.56 Å². The Kier molecular flexibility index (Phi) is 4.73. The van der Waals surface area contributed by atoms with E-state index in [1.807, 2.05) is 0 Å². The fraction of sp³-hybridized carbons (Fsp3) is 0.467. The number of halogens is 3. The smallest absolute Gasteiger partial charge is 0.341 e. The number of nitrogens with zero attached hydrogens (tertiary/aromatic N) is 2. The Hall–Kier alpha value is -2.05. The van der Waals surface area contributed by atoms with E-state index in [4.69, 9.17) is 0 Å². The van der Waals surface area contributed by atoms with Gasteiger partial charge in [0, 0.05) is 38.7 Å². The second-order valence-corrected chi connectivity index (χ2v) is 5.23. The summed E-state index contributed by atoms with van der Waals surface area (Å²) >= 11 is 0. The van der Waals surface area contributed by atoms with Crippen LogP contribution in [0.5, 0.6) is 0 Å². The van der Waals surface area contributed by atoms with Crippen molar-refractivity contribution in [3.8, 4) is 0 Å². The molecule has 0 aliphatic carbocycles. The van der Waals surface area contributed by atoms with Crippen LogP contribution in [-0.4, -0.2) is 47.8 Å². The van der Waals surface area contributed by atoms with E-state index in [9.17, 15) is 22.8 Å².